The summed E-state index contributed by atoms with van der Waals surface area (Å²) in [6.45, 7) is 2.54. The van der Waals surface area contributed by atoms with Gasteiger partial charge in [-0.3, -0.25) is 14.4 Å². The molecule has 1 aromatic rings. The third-order valence-electron chi connectivity index (χ3n) is 3.91. The van der Waals surface area contributed by atoms with Crippen LogP contribution >= 0.6 is 0 Å². The smallest absolute Gasteiger partial charge is 0.241 e. The van der Waals surface area contributed by atoms with E-state index >= 15 is 0 Å². The van der Waals surface area contributed by atoms with Crippen molar-refractivity contribution in [3.63, 3.8) is 0 Å². The third kappa shape index (κ3) is 5.02. The van der Waals surface area contributed by atoms with E-state index in [4.69, 9.17) is 5.73 Å². The van der Waals surface area contributed by atoms with E-state index in [2.05, 4.69) is 15.6 Å². The van der Waals surface area contributed by atoms with Crippen molar-refractivity contribution in [3.05, 3.63) is 23.9 Å². The Morgan fingerprint density at radius 1 is 1.38 bits per heavy atom. The van der Waals surface area contributed by atoms with Gasteiger partial charge in [0.25, 0.3) is 0 Å². The highest BCUT2D eigenvalue weighted by Gasteiger charge is 2.28. The summed E-state index contributed by atoms with van der Waals surface area (Å²) in [5.74, 6) is -0.492. The number of carbonyl (C=O) groups excluding carboxylic acids is 3. The van der Waals surface area contributed by atoms with Crippen LogP contribution in [0, 0.1) is 12.8 Å². The van der Waals surface area contributed by atoms with Gasteiger partial charge in [-0.2, -0.15) is 0 Å². The number of pyridine rings is 1. The third-order valence-corrected chi connectivity index (χ3v) is 3.91. The minimum Gasteiger partial charge on any atom is -0.346 e. The summed E-state index contributed by atoms with van der Waals surface area (Å²) < 4.78 is 0. The Morgan fingerprint density at radius 2 is 2.17 bits per heavy atom. The lowest BCUT2D eigenvalue weighted by atomic mass is 9.97. The minimum atomic E-state index is -0.375. The van der Waals surface area contributed by atoms with Crippen LogP contribution in [0.3, 0.4) is 0 Å². The Morgan fingerprint density at radius 3 is 2.88 bits per heavy atom. The number of hydrogen-bond donors (Lipinski definition) is 3. The molecule has 130 valence electrons. The van der Waals surface area contributed by atoms with Gasteiger partial charge in [0.1, 0.15) is 5.82 Å². The number of nitrogens with two attached hydrogens (primary N) is 1. The van der Waals surface area contributed by atoms with Gasteiger partial charge in [0.15, 0.2) is 0 Å². The molecule has 2 rings (SSSR count). The van der Waals surface area contributed by atoms with E-state index in [1.807, 2.05) is 19.1 Å². The summed E-state index contributed by atoms with van der Waals surface area (Å²) in [6, 6.07) is 5.42. The zero-order valence-electron chi connectivity index (χ0n) is 13.7. The van der Waals surface area contributed by atoms with Crippen LogP contribution in [0.4, 0.5) is 5.82 Å². The summed E-state index contributed by atoms with van der Waals surface area (Å²) in [7, 11) is 0. The van der Waals surface area contributed by atoms with Gasteiger partial charge in [-0.1, -0.05) is 6.07 Å². The maximum Gasteiger partial charge on any atom is 0.241 e. The number of carbonyl (C=O) groups is 3. The second kappa shape index (κ2) is 8.39. The number of rotatable bonds is 5. The largest absolute Gasteiger partial charge is 0.346 e. The SMILES string of the molecule is Cc1cccc(NC(=O)C2CCCN(C(=O)CNC(=O)CN)C2)n1. The van der Waals surface area contributed by atoms with Crippen LogP contribution in [0.15, 0.2) is 18.2 Å². The summed E-state index contributed by atoms with van der Waals surface area (Å²) in [6.07, 6.45) is 1.46. The lowest BCUT2D eigenvalue weighted by molar-refractivity contribution is -0.135. The molecular weight excluding hydrogens is 310 g/mol. The van der Waals surface area contributed by atoms with Crippen molar-refractivity contribution in [3.8, 4) is 0 Å². The van der Waals surface area contributed by atoms with Crippen molar-refractivity contribution in [2.45, 2.75) is 19.8 Å². The highest BCUT2D eigenvalue weighted by molar-refractivity contribution is 5.92. The Kier molecular flexibility index (Phi) is 6.25. The molecule has 1 saturated heterocycles. The molecule has 1 aliphatic heterocycles. The van der Waals surface area contributed by atoms with E-state index in [9.17, 15) is 14.4 Å². The number of anilines is 1. The molecule has 8 heteroatoms. The summed E-state index contributed by atoms with van der Waals surface area (Å²) in [5.41, 5.74) is 6.01. The number of aryl methyl sites for hydroxylation is 1. The molecule has 0 aliphatic carbocycles. The van der Waals surface area contributed by atoms with Crippen molar-refractivity contribution in [1.29, 1.82) is 0 Å². The van der Waals surface area contributed by atoms with E-state index in [1.165, 1.54) is 0 Å². The second-order valence-electron chi connectivity index (χ2n) is 5.81. The molecule has 0 spiro atoms. The van der Waals surface area contributed by atoms with Crippen molar-refractivity contribution < 1.29 is 14.4 Å². The van der Waals surface area contributed by atoms with E-state index < -0.39 is 0 Å². The molecule has 24 heavy (non-hydrogen) atoms. The van der Waals surface area contributed by atoms with Gasteiger partial charge >= 0.3 is 0 Å². The van der Waals surface area contributed by atoms with Gasteiger partial charge in [0, 0.05) is 18.8 Å². The molecule has 1 atom stereocenters. The molecule has 8 nitrogen and oxygen atoms in total. The number of aromatic nitrogens is 1. The highest BCUT2D eigenvalue weighted by atomic mass is 16.2. The minimum absolute atomic E-state index is 0.0934. The Balaban J connectivity index is 1.88. The van der Waals surface area contributed by atoms with E-state index in [1.54, 1.807) is 11.0 Å². The average Bonchev–Trinajstić information content (AvgIpc) is 2.59. The van der Waals surface area contributed by atoms with E-state index in [-0.39, 0.29) is 36.7 Å². The zero-order chi connectivity index (χ0) is 17.5. The predicted octanol–water partition coefficient (Wildman–Crippen LogP) is -0.358. The van der Waals surface area contributed by atoms with Crippen LogP contribution in [0.2, 0.25) is 0 Å². The highest BCUT2D eigenvalue weighted by Crippen LogP contribution is 2.18. The van der Waals surface area contributed by atoms with E-state index in [0.29, 0.717) is 18.9 Å². The van der Waals surface area contributed by atoms with Gasteiger partial charge in [-0.25, -0.2) is 4.98 Å². The maximum absolute atomic E-state index is 12.4. The van der Waals surface area contributed by atoms with Crippen LogP contribution in [0.25, 0.3) is 0 Å². The lowest BCUT2D eigenvalue weighted by Gasteiger charge is -2.32. The fourth-order valence-corrected chi connectivity index (χ4v) is 2.62. The number of nitrogens with one attached hydrogen (secondary N) is 2. The van der Waals surface area contributed by atoms with Crippen LogP contribution in [-0.2, 0) is 14.4 Å². The molecule has 1 aromatic heterocycles. The summed E-state index contributed by atoms with van der Waals surface area (Å²) >= 11 is 0. The molecule has 0 bridgehead atoms. The monoisotopic (exact) mass is 333 g/mol. The maximum atomic E-state index is 12.4. The Hall–Kier alpha value is -2.48. The summed E-state index contributed by atoms with van der Waals surface area (Å²) in [4.78, 5) is 41.5. The van der Waals surface area contributed by atoms with E-state index in [0.717, 1.165) is 18.5 Å². The average molecular weight is 333 g/mol. The molecule has 0 saturated carbocycles. The second-order valence-corrected chi connectivity index (χ2v) is 5.81. The van der Waals surface area contributed by atoms with Gasteiger partial charge in [0.05, 0.1) is 19.0 Å². The Bertz CT molecular complexity index is 619. The van der Waals surface area contributed by atoms with Crippen molar-refractivity contribution in [2.75, 3.05) is 31.5 Å². The van der Waals surface area contributed by atoms with Crippen LogP contribution < -0.4 is 16.4 Å². The number of nitrogens with zero attached hydrogens (tertiary/aromatic N) is 2. The van der Waals surface area contributed by atoms with Crippen LogP contribution in [-0.4, -0.2) is 53.8 Å². The number of hydrogen-bond acceptors (Lipinski definition) is 5. The fraction of sp³-hybridized carbons (Fsp3) is 0.500. The van der Waals surface area contributed by atoms with Gasteiger partial charge < -0.3 is 21.3 Å². The molecule has 2 heterocycles. The Labute approximate surface area is 140 Å². The number of piperidine rings is 1. The van der Waals surface area contributed by atoms with Crippen molar-refractivity contribution in [1.82, 2.24) is 15.2 Å². The fourth-order valence-electron chi connectivity index (χ4n) is 2.62. The molecule has 0 radical (unpaired) electrons. The van der Waals surface area contributed by atoms with Gasteiger partial charge in [0.2, 0.25) is 17.7 Å². The van der Waals surface area contributed by atoms with Gasteiger partial charge in [-0.15, -0.1) is 0 Å². The molecule has 1 unspecified atom stereocenters. The van der Waals surface area contributed by atoms with Crippen molar-refractivity contribution >= 4 is 23.5 Å². The van der Waals surface area contributed by atoms with Crippen LogP contribution in [0.5, 0.6) is 0 Å². The standard InChI is InChI=1S/C16H23N5O3/c1-11-4-2-6-13(19-11)20-16(24)12-5-3-7-21(10-12)15(23)9-18-14(22)8-17/h2,4,6,12H,3,5,7-10,17H2,1H3,(H,18,22)(H,19,20,24). The molecule has 0 aromatic carbocycles. The van der Waals surface area contributed by atoms with Crippen molar-refractivity contribution in [2.24, 2.45) is 11.7 Å². The quantitative estimate of drug-likeness (QED) is 0.680. The molecular formula is C16H23N5O3. The number of amides is 3. The normalized spacial score (nSPS) is 17.2. The molecule has 1 fully saturated rings. The molecule has 1 aliphatic rings. The first kappa shape index (κ1) is 17.9. The first-order chi connectivity index (χ1) is 11.5. The topological polar surface area (TPSA) is 117 Å². The first-order valence-corrected chi connectivity index (χ1v) is 7.98. The van der Waals surface area contributed by atoms with Gasteiger partial charge in [-0.05, 0) is 31.9 Å². The van der Waals surface area contributed by atoms with Crippen LogP contribution in [0.1, 0.15) is 18.5 Å². The lowest BCUT2D eigenvalue weighted by Crippen LogP contribution is -2.48. The molecule has 4 N–H and O–H groups in total. The predicted molar refractivity (Wildman–Crippen MR) is 89.0 cm³/mol. The number of likely N-dealkylation sites (tertiary alicyclic amines) is 1. The summed E-state index contributed by atoms with van der Waals surface area (Å²) in [5, 5.41) is 5.25. The zero-order valence-corrected chi connectivity index (χ0v) is 13.7. The first-order valence-electron chi connectivity index (χ1n) is 7.98. The molecule has 3 amide bonds.